The Morgan fingerprint density at radius 1 is 1.00 bits per heavy atom. The zero-order chi connectivity index (χ0) is 18.1. The minimum Gasteiger partial charge on any atom is -0.493 e. The summed E-state index contributed by atoms with van der Waals surface area (Å²) in [5.41, 5.74) is 2.09. The van der Waals surface area contributed by atoms with Crippen LogP contribution in [0.2, 0.25) is 0 Å². The van der Waals surface area contributed by atoms with E-state index in [0.717, 1.165) is 11.1 Å². The second-order valence-electron chi connectivity index (χ2n) is 5.67. The van der Waals surface area contributed by atoms with Crippen LogP contribution in [0.25, 0.3) is 0 Å². The van der Waals surface area contributed by atoms with E-state index in [-0.39, 0.29) is 11.5 Å². The standard InChI is InChI=1S/C19H25NO4S/c1-3-25(21,22)12-11-20-14-17-9-10-18(23-2)19(13-17)24-15-16-7-5-4-6-8-16/h4-10,13,20H,3,11-12,14-15H2,1-2H3. The summed E-state index contributed by atoms with van der Waals surface area (Å²) in [5, 5.41) is 3.16. The highest BCUT2D eigenvalue weighted by Crippen LogP contribution is 2.28. The molecular weight excluding hydrogens is 338 g/mol. The summed E-state index contributed by atoms with van der Waals surface area (Å²) < 4.78 is 34.2. The summed E-state index contributed by atoms with van der Waals surface area (Å²) in [4.78, 5) is 0. The van der Waals surface area contributed by atoms with Gasteiger partial charge in [-0.05, 0) is 23.3 Å². The van der Waals surface area contributed by atoms with E-state index >= 15 is 0 Å². The first kappa shape index (κ1) is 19.3. The van der Waals surface area contributed by atoms with Crippen LogP contribution in [0, 0.1) is 0 Å². The minimum absolute atomic E-state index is 0.150. The topological polar surface area (TPSA) is 64.6 Å². The predicted molar refractivity (Wildman–Crippen MR) is 99.8 cm³/mol. The van der Waals surface area contributed by atoms with Gasteiger partial charge in [0.05, 0.1) is 12.9 Å². The van der Waals surface area contributed by atoms with Crippen molar-refractivity contribution in [1.29, 1.82) is 0 Å². The Balaban J connectivity index is 1.94. The van der Waals surface area contributed by atoms with Gasteiger partial charge in [-0.1, -0.05) is 43.3 Å². The zero-order valence-corrected chi connectivity index (χ0v) is 15.5. The number of methoxy groups -OCH3 is 1. The van der Waals surface area contributed by atoms with Gasteiger partial charge in [0.2, 0.25) is 0 Å². The van der Waals surface area contributed by atoms with E-state index in [0.29, 0.717) is 31.2 Å². The smallest absolute Gasteiger partial charge is 0.161 e. The van der Waals surface area contributed by atoms with Crippen LogP contribution >= 0.6 is 0 Å². The summed E-state index contributed by atoms with van der Waals surface area (Å²) in [6.07, 6.45) is 0. The van der Waals surface area contributed by atoms with Crippen molar-refractivity contribution < 1.29 is 17.9 Å². The molecule has 0 atom stereocenters. The van der Waals surface area contributed by atoms with Crippen molar-refractivity contribution in [2.24, 2.45) is 0 Å². The van der Waals surface area contributed by atoms with E-state index in [1.807, 2.05) is 48.5 Å². The van der Waals surface area contributed by atoms with E-state index in [1.165, 1.54) is 0 Å². The molecular formula is C19H25NO4S. The monoisotopic (exact) mass is 363 g/mol. The fourth-order valence-corrected chi connectivity index (χ4v) is 3.03. The van der Waals surface area contributed by atoms with Crippen molar-refractivity contribution in [3.8, 4) is 11.5 Å². The summed E-state index contributed by atoms with van der Waals surface area (Å²) in [6, 6.07) is 15.6. The van der Waals surface area contributed by atoms with Crippen molar-refractivity contribution in [3.63, 3.8) is 0 Å². The molecule has 0 amide bonds. The number of rotatable bonds is 10. The molecule has 0 saturated heterocycles. The third-order valence-corrected chi connectivity index (χ3v) is 5.53. The molecule has 5 nitrogen and oxygen atoms in total. The molecule has 1 N–H and O–H groups in total. The van der Waals surface area contributed by atoms with Gasteiger partial charge in [0.1, 0.15) is 6.61 Å². The molecule has 0 radical (unpaired) electrons. The second-order valence-corrected chi connectivity index (χ2v) is 8.15. The fraction of sp³-hybridized carbons (Fsp3) is 0.368. The van der Waals surface area contributed by atoms with Crippen LogP contribution in [0.5, 0.6) is 11.5 Å². The number of ether oxygens (including phenoxy) is 2. The van der Waals surface area contributed by atoms with Gasteiger partial charge in [0, 0.05) is 18.8 Å². The van der Waals surface area contributed by atoms with Crippen molar-refractivity contribution in [2.75, 3.05) is 25.2 Å². The van der Waals surface area contributed by atoms with Gasteiger partial charge >= 0.3 is 0 Å². The molecule has 136 valence electrons. The molecule has 0 spiro atoms. The molecule has 2 aromatic rings. The molecule has 0 heterocycles. The van der Waals surface area contributed by atoms with Crippen LogP contribution in [0.4, 0.5) is 0 Å². The molecule has 0 unspecified atom stereocenters. The van der Waals surface area contributed by atoms with Gasteiger partial charge in [-0.15, -0.1) is 0 Å². The van der Waals surface area contributed by atoms with E-state index in [9.17, 15) is 8.42 Å². The van der Waals surface area contributed by atoms with E-state index in [2.05, 4.69) is 5.32 Å². The molecule has 2 aromatic carbocycles. The Hall–Kier alpha value is -2.05. The Bertz CT molecular complexity index is 760. The summed E-state index contributed by atoms with van der Waals surface area (Å²) in [5.74, 6) is 1.67. The quantitative estimate of drug-likeness (QED) is 0.658. The van der Waals surface area contributed by atoms with E-state index in [4.69, 9.17) is 9.47 Å². The van der Waals surface area contributed by atoms with Gasteiger partial charge in [-0.25, -0.2) is 8.42 Å². The van der Waals surface area contributed by atoms with Gasteiger partial charge < -0.3 is 14.8 Å². The second kappa shape index (κ2) is 9.44. The normalized spacial score (nSPS) is 11.3. The molecule has 25 heavy (non-hydrogen) atoms. The van der Waals surface area contributed by atoms with E-state index in [1.54, 1.807) is 14.0 Å². The number of hydrogen-bond donors (Lipinski definition) is 1. The Morgan fingerprint density at radius 2 is 1.76 bits per heavy atom. The predicted octanol–water partition coefficient (Wildman–Crippen LogP) is 2.80. The highest BCUT2D eigenvalue weighted by Gasteiger charge is 2.08. The van der Waals surface area contributed by atoms with Gasteiger partial charge in [-0.3, -0.25) is 0 Å². The Morgan fingerprint density at radius 3 is 2.44 bits per heavy atom. The highest BCUT2D eigenvalue weighted by molar-refractivity contribution is 7.91. The van der Waals surface area contributed by atoms with Crippen molar-refractivity contribution >= 4 is 9.84 Å². The maximum absolute atomic E-state index is 11.5. The minimum atomic E-state index is -2.94. The maximum Gasteiger partial charge on any atom is 0.161 e. The lowest BCUT2D eigenvalue weighted by molar-refractivity contribution is 0.284. The first-order valence-corrected chi connectivity index (χ1v) is 10.1. The first-order valence-electron chi connectivity index (χ1n) is 8.29. The highest BCUT2D eigenvalue weighted by atomic mass is 32.2. The molecule has 0 aliphatic heterocycles. The van der Waals surface area contributed by atoms with Crippen LogP contribution in [-0.2, 0) is 23.0 Å². The lowest BCUT2D eigenvalue weighted by Crippen LogP contribution is -2.23. The fourth-order valence-electron chi connectivity index (χ4n) is 2.28. The third-order valence-electron chi connectivity index (χ3n) is 3.82. The summed E-state index contributed by atoms with van der Waals surface area (Å²) in [6.45, 7) is 3.13. The summed E-state index contributed by atoms with van der Waals surface area (Å²) >= 11 is 0. The number of benzene rings is 2. The average Bonchev–Trinajstić information content (AvgIpc) is 2.64. The third kappa shape index (κ3) is 6.40. The molecule has 0 bridgehead atoms. The van der Waals surface area contributed by atoms with Crippen molar-refractivity contribution in [3.05, 3.63) is 59.7 Å². The summed E-state index contributed by atoms with van der Waals surface area (Å²) in [7, 11) is -1.33. The van der Waals surface area contributed by atoms with Crippen LogP contribution < -0.4 is 14.8 Å². The first-order chi connectivity index (χ1) is 12.0. The Kier molecular flexibility index (Phi) is 7.28. The molecule has 0 fully saturated rings. The van der Waals surface area contributed by atoms with Gasteiger partial charge in [0.25, 0.3) is 0 Å². The molecule has 2 rings (SSSR count). The Labute approximate surface area is 149 Å². The molecule has 0 aliphatic carbocycles. The van der Waals surface area contributed by atoms with Crippen molar-refractivity contribution in [2.45, 2.75) is 20.1 Å². The van der Waals surface area contributed by atoms with E-state index < -0.39 is 9.84 Å². The lowest BCUT2D eigenvalue weighted by atomic mass is 10.2. The number of hydrogen-bond acceptors (Lipinski definition) is 5. The van der Waals surface area contributed by atoms with Crippen LogP contribution in [0.15, 0.2) is 48.5 Å². The van der Waals surface area contributed by atoms with Gasteiger partial charge in [0.15, 0.2) is 21.3 Å². The lowest BCUT2D eigenvalue weighted by Gasteiger charge is -2.13. The molecule has 0 aromatic heterocycles. The number of sulfone groups is 1. The van der Waals surface area contributed by atoms with Crippen LogP contribution in [0.1, 0.15) is 18.1 Å². The molecule has 0 saturated carbocycles. The van der Waals surface area contributed by atoms with Crippen molar-refractivity contribution in [1.82, 2.24) is 5.32 Å². The van der Waals surface area contributed by atoms with Crippen LogP contribution in [-0.4, -0.2) is 33.6 Å². The largest absolute Gasteiger partial charge is 0.493 e. The molecule has 6 heteroatoms. The average molecular weight is 363 g/mol. The maximum atomic E-state index is 11.5. The molecule has 0 aliphatic rings. The number of nitrogens with one attached hydrogen (secondary N) is 1. The van der Waals surface area contributed by atoms with Crippen LogP contribution in [0.3, 0.4) is 0 Å². The zero-order valence-electron chi connectivity index (χ0n) is 14.7. The van der Waals surface area contributed by atoms with Gasteiger partial charge in [-0.2, -0.15) is 0 Å². The SMILES string of the molecule is CCS(=O)(=O)CCNCc1ccc(OC)c(OCc2ccccc2)c1.